The third-order valence-corrected chi connectivity index (χ3v) is 2.89. The summed E-state index contributed by atoms with van der Waals surface area (Å²) in [6, 6.07) is 4.62. The molecule has 2 aromatic rings. The molecule has 0 saturated carbocycles. The molecule has 0 fully saturated rings. The van der Waals surface area contributed by atoms with Gasteiger partial charge in [0.1, 0.15) is 28.5 Å². The molecule has 0 bridgehead atoms. The molecule has 0 amide bonds. The van der Waals surface area contributed by atoms with E-state index in [0.717, 1.165) is 6.42 Å². The van der Waals surface area contributed by atoms with Crippen molar-refractivity contribution in [1.82, 2.24) is 15.0 Å². The third kappa shape index (κ3) is 2.17. The monoisotopic (exact) mass is 248 g/mol. The second kappa shape index (κ2) is 5.10. The maximum Gasteiger partial charge on any atom is 0.143 e. The molecule has 0 aliphatic carbocycles. The fourth-order valence-corrected chi connectivity index (χ4v) is 1.73. The van der Waals surface area contributed by atoms with Gasteiger partial charge >= 0.3 is 0 Å². The lowest BCUT2D eigenvalue weighted by Crippen LogP contribution is -2.11. The summed E-state index contributed by atoms with van der Waals surface area (Å²) in [7, 11) is 1.63. The van der Waals surface area contributed by atoms with Crippen molar-refractivity contribution in [3.8, 4) is 6.07 Å². The van der Waals surface area contributed by atoms with Crippen LogP contribution >= 0.6 is 0 Å². The molecule has 1 atom stereocenters. The second-order valence-corrected chi connectivity index (χ2v) is 4.05. The summed E-state index contributed by atoms with van der Waals surface area (Å²) in [6.45, 7) is 2.47. The van der Waals surface area contributed by atoms with Crippen LogP contribution in [0.5, 0.6) is 0 Å². The van der Waals surface area contributed by atoms with Gasteiger partial charge in [0.2, 0.25) is 0 Å². The summed E-state index contributed by atoms with van der Waals surface area (Å²) in [5, 5.41) is 16.9. The molecule has 18 heavy (non-hydrogen) atoms. The van der Waals surface area contributed by atoms with E-state index in [1.54, 1.807) is 11.8 Å². The van der Waals surface area contributed by atoms with Crippen molar-refractivity contribution < 1.29 is 9.13 Å². The van der Waals surface area contributed by atoms with Crippen molar-refractivity contribution >= 4 is 11.0 Å². The Balaban J connectivity index is 2.40. The van der Waals surface area contributed by atoms with E-state index < -0.39 is 5.82 Å². The SMILES string of the molecule is COC(C)CCn1nnc2ccc(F)c(C#N)c21. The Morgan fingerprint density at radius 3 is 3.00 bits per heavy atom. The number of hydrogen-bond donors (Lipinski definition) is 0. The van der Waals surface area contributed by atoms with Crippen molar-refractivity contribution in [2.24, 2.45) is 0 Å². The average Bonchev–Trinajstić information content (AvgIpc) is 2.79. The number of benzene rings is 1. The van der Waals surface area contributed by atoms with E-state index in [-0.39, 0.29) is 11.7 Å². The summed E-state index contributed by atoms with van der Waals surface area (Å²) < 4.78 is 20.2. The molecule has 2 rings (SSSR count). The number of nitriles is 1. The number of hydrogen-bond acceptors (Lipinski definition) is 4. The van der Waals surface area contributed by atoms with Gasteiger partial charge in [-0.25, -0.2) is 9.07 Å². The van der Waals surface area contributed by atoms with Gasteiger partial charge in [0.25, 0.3) is 0 Å². The molecule has 5 nitrogen and oxygen atoms in total. The lowest BCUT2D eigenvalue weighted by atomic mass is 10.2. The highest BCUT2D eigenvalue weighted by atomic mass is 19.1. The van der Waals surface area contributed by atoms with E-state index in [1.165, 1.54) is 12.1 Å². The van der Waals surface area contributed by atoms with Gasteiger partial charge in [-0.1, -0.05) is 5.21 Å². The highest BCUT2D eigenvalue weighted by Crippen LogP contribution is 2.19. The van der Waals surface area contributed by atoms with E-state index in [4.69, 9.17) is 10.00 Å². The normalized spacial score (nSPS) is 12.6. The lowest BCUT2D eigenvalue weighted by Gasteiger charge is -2.09. The van der Waals surface area contributed by atoms with E-state index in [1.807, 2.05) is 13.0 Å². The number of methoxy groups -OCH3 is 1. The summed E-state index contributed by atoms with van der Waals surface area (Å²) in [6.07, 6.45) is 0.791. The molecule has 1 aromatic heterocycles. The van der Waals surface area contributed by atoms with Crippen molar-refractivity contribution in [2.75, 3.05) is 7.11 Å². The molecule has 0 aliphatic heterocycles. The Morgan fingerprint density at radius 1 is 1.56 bits per heavy atom. The zero-order valence-corrected chi connectivity index (χ0v) is 10.2. The van der Waals surface area contributed by atoms with Crippen molar-refractivity contribution in [1.29, 1.82) is 5.26 Å². The molecular weight excluding hydrogens is 235 g/mol. The summed E-state index contributed by atoms with van der Waals surface area (Å²) >= 11 is 0. The van der Waals surface area contributed by atoms with Crippen LogP contribution in [0.4, 0.5) is 4.39 Å². The molecule has 0 N–H and O–H groups in total. The van der Waals surface area contributed by atoms with Crippen LogP contribution in [0.15, 0.2) is 12.1 Å². The molecular formula is C12H13FN4O. The Morgan fingerprint density at radius 2 is 2.33 bits per heavy atom. The van der Waals surface area contributed by atoms with Crippen LogP contribution in [-0.2, 0) is 11.3 Å². The summed E-state index contributed by atoms with van der Waals surface area (Å²) in [5.74, 6) is -0.548. The lowest BCUT2D eigenvalue weighted by molar-refractivity contribution is 0.106. The number of fused-ring (bicyclic) bond motifs is 1. The number of nitrogens with zero attached hydrogens (tertiary/aromatic N) is 4. The van der Waals surface area contributed by atoms with E-state index in [9.17, 15) is 4.39 Å². The second-order valence-electron chi connectivity index (χ2n) is 4.05. The minimum Gasteiger partial charge on any atom is -0.382 e. The van der Waals surface area contributed by atoms with Crippen LogP contribution in [0.2, 0.25) is 0 Å². The summed E-state index contributed by atoms with van der Waals surface area (Å²) in [5.41, 5.74) is 0.960. The number of halogens is 1. The molecule has 94 valence electrons. The Kier molecular flexibility index (Phi) is 3.53. The van der Waals surface area contributed by atoms with Gasteiger partial charge < -0.3 is 4.74 Å². The van der Waals surface area contributed by atoms with Crippen molar-refractivity contribution in [2.45, 2.75) is 26.0 Å². The van der Waals surface area contributed by atoms with Crippen LogP contribution in [0, 0.1) is 17.1 Å². The predicted octanol–water partition coefficient (Wildman–Crippen LogP) is 1.87. The van der Waals surface area contributed by atoms with Gasteiger partial charge in [0.15, 0.2) is 0 Å². The van der Waals surface area contributed by atoms with Crippen molar-refractivity contribution in [3.63, 3.8) is 0 Å². The van der Waals surface area contributed by atoms with Crippen LogP contribution in [-0.4, -0.2) is 28.2 Å². The zero-order chi connectivity index (χ0) is 13.1. The molecule has 0 aliphatic rings. The Labute approximate surface area is 104 Å². The van der Waals surface area contributed by atoms with E-state index >= 15 is 0 Å². The third-order valence-electron chi connectivity index (χ3n) is 2.89. The number of aromatic nitrogens is 3. The first kappa shape index (κ1) is 12.5. The van der Waals surface area contributed by atoms with Crippen LogP contribution in [0.1, 0.15) is 18.9 Å². The maximum atomic E-state index is 13.5. The van der Waals surface area contributed by atoms with Gasteiger partial charge in [-0.15, -0.1) is 5.10 Å². The predicted molar refractivity (Wildman–Crippen MR) is 63.3 cm³/mol. The maximum absolute atomic E-state index is 13.5. The molecule has 1 unspecified atom stereocenters. The Bertz CT molecular complexity index is 602. The highest BCUT2D eigenvalue weighted by molar-refractivity contribution is 5.81. The van der Waals surface area contributed by atoms with Crippen LogP contribution < -0.4 is 0 Å². The highest BCUT2D eigenvalue weighted by Gasteiger charge is 2.14. The van der Waals surface area contributed by atoms with Crippen LogP contribution in [0.3, 0.4) is 0 Å². The standard InChI is InChI=1S/C12H13FN4O/c1-8(18-2)5-6-17-12-9(7-14)10(13)3-4-11(12)15-16-17/h3-4,8H,5-6H2,1-2H3. The first-order chi connectivity index (χ1) is 8.67. The molecule has 0 radical (unpaired) electrons. The Hall–Kier alpha value is -2.00. The quantitative estimate of drug-likeness (QED) is 0.828. The molecule has 0 spiro atoms. The number of aryl methyl sites for hydroxylation is 1. The first-order valence-corrected chi connectivity index (χ1v) is 5.62. The minimum absolute atomic E-state index is 0.0115. The molecule has 0 saturated heterocycles. The first-order valence-electron chi connectivity index (χ1n) is 5.62. The largest absolute Gasteiger partial charge is 0.382 e. The fourth-order valence-electron chi connectivity index (χ4n) is 1.73. The van der Waals surface area contributed by atoms with Gasteiger partial charge in [-0.2, -0.15) is 5.26 Å². The average molecular weight is 248 g/mol. The van der Waals surface area contributed by atoms with Gasteiger partial charge in [-0.3, -0.25) is 0 Å². The molecule has 1 aromatic carbocycles. The zero-order valence-electron chi connectivity index (χ0n) is 10.2. The van der Waals surface area contributed by atoms with E-state index in [0.29, 0.717) is 17.6 Å². The number of rotatable bonds is 4. The number of ether oxygens (including phenoxy) is 1. The van der Waals surface area contributed by atoms with Gasteiger partial charge in [0.05, 0.1) is 6.10 Å². The minimum atomic E-state index is -0.548. The van der Waals surface area contributed by atoms with Gasteiger partial charge in [0, 0.05) is 13.7 Å². The topological polar surface area (TPSA) is 63.7 Å². The summed E-state index contributed by atoms with van der Waals surface area (Å²) in [4.78, 5) is 0. The smallest absolute Gasteiger partial charge is 0.143 e. The van der Waals surface area contributed by atoms with E-state index in [2.05, 4.69) is 10.3 Å². The molecule has 1 heterocycles. The fraction of sp³-hybridized carbons (Fsp3) is 0.417. The van der Waals surface area contributed by atoms with Crippen LogP contribution in [0.25, 0.3) is 11.0 Å². The molecule has 6 heteroatoms. The van der Waals surface area contributed by atoms with Gasteiger partial charge in [-0.05, 0) is 25.5 Å². The van der Waals surface area contributed by atoms with Crippen molar-refractivity contribution in [3.05, 3.63) is 23.5 Å².